The molecule has 1 aromatic heterocycles. The van der Waals surface area contributed by atoms with Crippen LogP contribution >= 0.6 is 12.2 Å². The van der Waals surface area contributed by atoms with E-state index in [1.54, 1.807) is 6.07 Å². The molecule has 0 saturated carbocycles. The van der Waals surface area contributed by atoms with Crippen molar-refractivity contribution >= 4 is 23.1 Å². The molecular formula is C12H10FN3O2S. The van der Waals surface area contributed by atoms with E-state index in [2.05, 4.69) is 15.0 Å². The van der Waals surface area contributed by atoms with E-state index < -0.39 is 11.7 Å². The smallest absolute Gasteiger partial charge is 0.273 e. The Kier molecular flexibility index (Phi) is 3.86. The molecule has 0 aliphatic heterocycles. The molecule has 0 atom stereocenters. The molecule has 0 spiro atoms. The first-order valence-electron chi connectivity index (χ1n) is 5.34. The highest BCUT2D eigenvalue weighted by Gasteiger charge is 2.10. The Morgan fingerprint density at radius 1 is 1.47 bits per heavy atom. The first kappa shape index (κ1) is 13.2. The highest BCUT2D eigenvalue weighted by Crippen LogP contribution is 2.10. The lowest BCUT2D eigenvalue weighted by molar-refractivity contribution is 0.0941. The molecule has 0 aliphatic carbocycles. The molecule has 0 radical (unpaired) electrons. The Hall–Kier alpha value is -2.28. The highest BCUT2D eigenvalue weighted by atomic mass is 32.1. The van der Waals surface area contributed by atoms with Crippen molar-refractivity contribution in [3.63, 3.8) is 0 Å². The predicted octanol–water partition coefficient (Wildman–Crippen LogP) is 1.38. The molecule has 98 valence electrons. The van der Waals surface area contributed by atoms with Crippen LogP contribution in [0.2, 0.25) is 0 Å². The van der Waals surface area contributed by atoms with Crippen LogP contribution in [-0.4, -0.2) is 16.1 Å². The van der Waals surface area contributed by atoms with Crippen LogP contribution in [0.25, 0.3) is 0 Å². The van der Waals surface area contributed by atoms with E-state index in [1.807, 2.05) is 0 Å². The van der Waals surface area contributed by atoms with Crippen LogP contribution in [0.1, 0.15) is 21.6 Å². The Bertz CT molecular complexity index is 613. The molecule has 0 unspecified atom stereocenters. The predicted molar refractivity (Wildman–Crippen MR) is 70.0 cm³/mol. The lowest BCUT2D eigenvalue weighted by atomic mass is 10.1. The number of halogens is 1. The van der Waals surface area contributed by atoms with Gasteiger partial charge in [-0.3, -0.25) is 4.79 Å². The van der Waals surface area contributed by atoms with Crippen LogP contribution in [0.4, 0.5) is 4.39 Å². The number of nitrogens with zero attached hydrogens (tertiary/aromatic N) is 1. The van der Waals surface area contributed by atoms with Crippen LogP contribution < -0.4 is 11.1 Å². The minimum Gasteiger partial charge on any atom is -0.389 e. The van der Waals surface area contributed by atoms with Crippen molar-refractivity contribution < 1.29 is 13.7 Å². The van der Waals surface area contributed by atoms with Crippen molar-refractivity contribution in [3.8, 4) is 0 Å². The lowest BCUT2D eigenvalue weighted by Gasteiger charge is -2.06. The van der Waals surface area contributed by atoms with Gasteiger partial charge in [0.15, 0.2) is 5.69 Å². The summed E-state index contributed by atoms with van der Waals surface area (Å²) >= 11 is 4.75. The van der Waals surface area contributed by atoms with Gasteiger partial charge in [0, 0.05) is 23.7 Å². The third kappa shape index (κ3) is 3.14. The zero-order chi connectivity index (χ0) is 13.8. The van der Waals surface area contributed by atoms with Gasteiger partial charge in [-0.2, -0.15) is 0 Å². The fourth-order valence-electron chi connectivity index (χ4n) is 1.44. The number of benzene rings is 1. The molecule has 0 aliphatic rings. The van der Waals surface area contributed by atoms with E-state index in [1.165, 1.54) is 24.5 Å². The summed E-state index contributed by atoms with van der Waals surface area (Å²) in [5.41, 5.74) is 6.31. The van der Waals surface area contributed by atoms with Crippen molar-refractivity contribution in [2.75, 3.05) is 0 Å². The van der Waals surface area contributed by atoms with Crippen LogP contribution in [-0.2, 0) is 6.54 Å². The molecular weight excluding hydrogens is 269 g/mol. The number of thiocarbonyl (C=S) groups is 1. The standard InChI is InChI=1S/C12H10FN3O2S/c13-9-5-7(11(14)19)1-2-8(9)6-15-12(17)10-3-4-18-16-10/h1-5H,6H2,(H2,14,19)(H,15,17). The number of carbonyl (C=O) groups is 1. The van der Waals surface area contributed by atoms with Gasteiger partial charge in [0.05, 0.1) is 0 Å². The topological polar surface area (TPSA) is 81.1 Å². The van der Waals surface area contributed by atoms with Gasteiger partial charge in [-0.25, -0.2) is 4.39 Å². The molecule has 2 aromatic rings. The third-order valence-electron chi connectivity index (χ3n) is 2.45. The van der Waals surface area contributed by atoms with E-state index in [0.29, 0.717) is 11.1 Å². The lowest BCUT2D eigenvalue weighted by Crippen LogP contribution is -2.23. The Morgan fingerprint density at radius 3 is 2.84 bits per heavy atom. The Morgan fingerprint density at radius 2 is 2.26 bits per heavy atom. The maximum Gasteiger partial charge on any atom is 0.273 e. The van der Waals surface area contributed by atoms with Crippen LogP contribution in [0, 0.1) is 5.82 Å². The molecule has 3 N–H and O–H groups in total. The van der Waals surface area contributed by atoms with Crippen LogP contribution in [0.3, 0.4) is 0 Å². The van der Waals surface area contributed by atoms with Gasteiger partial charge in [-0.1, -0.05) is 29.5 Å². The van der Waals surface area contributed by atoms with Crippen molar-refractivity contribution in [2.24, 2.45) is 5.73 Å². The van der Waals surface area contributed by atoms with E-state index in [-0.39, 0.29) is 17.2 Å². The van der Waals surface area contributed by atoms with Crippen LogP contribution in [0.5, 0.6) is 0 Å². The second kappa shape index (κ2) is 5.57. The molecule has 0 fully saturated rings. The summed E-state index contributed by atoms with van der Waals surface area (Å²) in [5, 5.41) is 6.00. The summed E-state index contributed by atoms with van der Waals surface area (Å²) in [7, 11) is 0. The summed E-state index contributed by atoms with van der Waals surface area (Å²) in [6, 6.07) is 5.78. The van der Waals surface area contributed by atoms with E-state index >= 15 is 0 Å². The summed E-state index contributed by atoms with van der Waals surface area (Å²) < 4.78 is 18.2. The van der Waals surface area contributed by atoms with E-state index in [9.17, 15) is 9.18 Å². The second-order valence-corrected chi connectivity index (χ2v) is 4.18. The number of hydrogen-bond donors (Lipinski definition) is 2. The van der Waals surface area contributed by atoms with Gasteiger partial charge in [0.1, 0.15) is 17.1 Å². The van der Waals surface area contributed by atoms with Crippen molar-refractivity contribution in [2.45, 2.75) is 6.54 Å². The number of nitrogens with one attached hydrogen (secondary N) is 1. The largest absolute Gasteiger partial charge is 0.389 e. The average Bonchev–Trinajstić information content (AvgIpc) is 2.90. The molecule has 1 heterocycles. The van der Waals surface area contributed by atoms with Gasteiger partial charge < -0.3 is 15.6 Å². The fraction of sp³-hybridized carbons (Fsp3) is 0.0833. The first-order valence-corrected chi connectivity index (χ1v) is 5.75. The Balaban J connectivity index is 2.04. The second-order valence-electron chi connectivity index (χ2n) is 3.74. The molecule has 1 amide bonds. The van der Waals surface area contributed by atoms with Gasteiger partial charge in [0.25, 0.3) is 5.91 Å². The number of carbonyl (C=O) groups excluding carboxylic acids is 1. The fourth-order valence-corrected chi connectivity index (χ4v) is 1.57. The highest BCUT2D eigenvalue weighted by molar-refractivity contribution is 7.80. The monoisotopic (exact) mass is 279 g/mol. The van der Waals surface area contributed by atoms with Crippen molar-refractivity contribution in [1.29, 1.82) is 0 Å². The van der Waals surface area contributed by atoms with E-state index in [0.717, 1.165) is 0 Å². The number of nitrogens with two attached hydrogens (primary N) is 1. The SMILES string of the molecule is NC(=S)c1ccc(CNC(=O)c2ccon2)c(F)c1. The zero-order valence-electron chi connectivity index (χ0n) is 9.72. The number of hydrogen-bond acceptors (Lipinski definition) is 4. The molecule has 0 bridgehead atoms. The quantitative estimate of drug-likeness (QED) is 0.826. The van der Waals surface area contributed by atoms with E-state index in [4.69, 9.17) is 18.0 Å². The van der Waals surface area contributed by atoms with Gasteiger partial charge >= 0.3 is 0 Å². The van der Waals surface area contributed by atoms with Gasteiger partial charge in [0.2, 0.25) is 0 Å². The molecule has 0 saturated heterocycles. The number of amides is 1. The van der Waals surface area contributed by atoms with Crippen LogP contribution in [0.15, 0.2) is 35.1 Å². The summed E-state index contributed by atoms with van der Waals surface area (Å²) in [6.07, 6.45) is 1.28. The maximum atomic E-state index is 13.7. The molecule has 2 rings (SSSR count). The van der Waals surface area contributed by atoms with Gasteiger partial charge in [-0.15, -0.1) is 0 Å². The summed E-state index contributed by atoms with van der Waals surface area (Å²) in [6.45, 7) is 0.0368. The summed E-state index contributed by atoms with van der Waals surface area (Å²) in [4.78, 5) is 11.7. The summed E-state index contributed by atoms with van der Waals surface area (Å²) in [5.74, 6) is -0.919. The first-order chi connectivity index (χ1) is 9.08. The Labute approximate surface area is 113 Å². The van der Waals surface area contributed by atoms with Crippen molar-refractivity contribution in [3.05, 3.63) is 53.2 Å². The molecule has 7 heteroatoms. The number of rotatable bonds is 4. The third-order valence-corrected chi connectivity index (χ3v) is 2.68. The zero-order valence-corrected chi connectivity index (χ0v) is 10.5. The normalized spacial score (nSPS) is 10.2. The maximum absolute atomic E-state index is 13.7. The molecule has 1 aromatic carbocycles. The molecule has 5 nitrogen and oxygen atoms in total. The minimum absolute atomic E-state index is 0.0368. The van der Waals surface area contributed by atoms with Gasteiger partial charge in [-0.05, 0) is 6.07 Å². The minimum atomic E-state index is -0.481. The average molecular weight is 279 g/mol. The van der Waals surface area contributed by atoms with Crippen molar-refractivity contribution in [1.82, 2.24) is 10.5 Å². The molecule has 19 heavy (non-hydrogen) atoms. The number of aromatic nitrogens is 1.